The summed E-state index contributed by atoms with van der Waals surface area (Å²) in [6.07, 6.45) is 3.39. The van der Waals surface area contributed by atoms with Crippen LogP contribution in [0.15, 0.2) is 54.7 Å². The van der Waals surface area contributed by atoms with E-state index >= 15 is 0 Å². The second-order valence-corrected chi connectivity index (χ2v) is 7.52. The Bertz CT molecular complexity index is 801. The minimum atomic E-state index is -0.520. The fraction of sp³-hybridized carbons (Fsp3) is 0.435. The van der Waals surface area contributed by atoms with Gasteiger partial charge >= 0.3 is 0 Å². The van der Waals surface area contributed by atoms with Crippen LogP contribution in [0.25, 0.3) is 0 Å². The van der Waals surface area contributed by atoms with Crippen LogP contribution in [0.5, 0.6) is 0 Å². The number of aliphatic hydroxyl groups is 1. The van der Waals surface area contributed by atoms with Gasteiger partial charge in [0, 0.05) is 18.4 Å². The lowest BCUT2D eigenvalue weighted by Gasteiger charge is -2.36. The first-order chi connectivity index (χ1) is 14.6. The molecule has 7 heteroatoms. The van der Waals surface area contributed by atoms with Gasteiger partial charge in [-0.1, -0.05) is 36.4 Å². The lowest BCUT2D eigenvalue weighted by Crippen LogP contribution is -2.51. The standard InChI is InChI=1S/C23H29N3O4/c27-16-21-20(26-23(29)14-18-8-4-5-12-24-18)10-9-19(30-21)15-22(28)25-13-11-17-6-2-1-3-7-17/h1-8,12,19-21,27H,9-11,13-16H2,(H,25,28)(H,26,29)/t19-,20+,21+/m0/s1. The van der Waals surface area contributed by atoms with Gasteiger partial charge in [-0.3, -0.25) is 14.6 Å². The number of nitrogens with zero attached hydrogens (tertiary/aromatic N) is 1. The minimum absolute atomic E-state index is 0.0646. The largest absolute Gasteiger partial charge is 0.394 e. The van der Waals surface area contributed by atoms with Gasteiger partial charge in [-0.25, -0.2) is 0 Å². The quantitative estimate of drug-likeness (QED) is 0.579. The number of carbonyl (C=O) groups excluding carboxylic acids is 2. The van der Waals surface area contributed by atoms with Crippen molar-refractivity contribution in [1.82, 2.24) is 15.6 Å². The molecule has 1 fully saturated rings. The summed E-state index contributed by atoms with van der Waals surface area (Å²) < 4.78 is 5.89. The van der Waals surface area contributed by atoms with Crippen LogP contribution < -0.4 is 10.6 Å². The molecule has 2 amide bonds. The molecule has 0 unspecified atom stereocenters. The van der Waals surface area contributed by atoms with Gasteiger partial charge < -0.3 is 20.5 Å². The number of ether oxygens (including phenoxy) is 1. The first-order valence-corrected chi connectivity index (χ1v) is 10.4. The van der Waals surface area contributed by atoms with Crippen LogP contribution in [0.1, 0.15) is 30.5 Å². The number of carbonyl (C=O) groups is 2. The van der Waals surface area contributed by atoms with Crippen molar-refractivity contribution in [2.24, 2.45) is 0 Å². The molecule has 0 spiro atoms. The van der Waals surface area contributed by atoms with Gasteiger partial charge in [-0.2, -0.15) is 0 Å². The monoisotopic (exact) mass is 411 g/mol. The molecule has 160 valence electrons. The van der Waals surface area contributed by atoms with E-state index in [2.05, 4.69) is 15.6 Å². The van der Waals surface area contributed by atoms with Crippen molar-refractivity contribution in [3.05, 3.63) is 66.0 Å². The van der Waals surface area contributed by atoms with E-state index in [1.807, 2.05) is 36.4 Å². The molecule has 0 radical (unpaired) electrons. The summed E-state index contributed by atoms with van der Waals surface area (Å²) in [5.41, 5.74) is 1.87. The molecule has 1 aromatic carbocycles. The van der Waals surface area contributed by atoms with E-state index in [0.717, 1.165) is 6.42 Å². The van der Waals surface area contributed by atoms with Crippen molar-refractivity contribution in [3.8, 4) is 0 Å². The van der Waals surface area contributed by atoms with Gasteiger partial charge in [0.05, 0.1) is 31.6 Å². The van der Waals surface area contributed by atoms with E-state index in [0.29, 0.717) is 25.1 Å². The molecule has 3 N–H and O–H groups in total. The highest BCUT2D eigenvalue weighted by atomic mass is 16.5. The van der Waals surface area contributed by atoms with E-state index in [9.17, 15) is 14.7 Å². The molecule has 7 nitrogen and oxygen atoms in total. The molecular formula is C23H29N3O4. The normalized spacial score (nSPS) is 21.0. The minimum Gasteiger partial charge on any atom is -0.394 e. The fourth-order valence-corrected chi connectivity index (χ4v) is 3.64. The van der Waals surface area contributed by atoms with Gasteiger partial charge in [-0.05, 0) is 37.0 Å². The number of amides is 2. The highest BCUT2D eigenvalue weighted by Crippen LogP contribution is 2.22. The number of benzene rings is 1. The van der Waals surface area contributed by atoms with Crippen molar-refractivity contribution in [1.29, 1.82) is 0 Å². The van der Waals surface area contributed by atoms with E-state index in [1.165, 1.54) is 5.56 Å². The Balaban J connectivity index is 1.40. The maximum absolute atomic E-state index is 12.3. The van der Waals surface area contributed by atoms with Crippen molar-refractivity contribution in [2.45, 2.75) is 50.4 Å². The molecular weight excluding hydrogens is 382 g/mol. The zero-order valence-electron chi connectivity index (χ0n) is 17.0. The Morgan fingerprint density at radius 2 is 1.87 bits per heavy atom. The summed E-state index contributed by atoms with van der Waals surface area (Å²) in [6, 6.07) is 15.2. The molecule has 1 aromatic heterocycles. The molecule has 0 saturated carbocycles. The Morgan fingerprint density at radius 1 is 1.07 bits per heavy atom. The van der Waals surface area contributed by atoms with Crippen LogP contribution in [0.3, 0.4) is 0 Å². The predicted octanol–water partition coefficient (Wildman–Crippen LogP) is 1.40. The second-order valence-electron chi connectivity index (χ2n) is 7.52. The number of pyridine rings is 1. The van der Waals surface area contributed by atoms with Gasteiger partial charge in [0.15, 0.2) is 0 Å². The predicted molar refractivity (Wildman–Crippen MR) is 113 cm³/mol. The Kier molecular flexibility index (Phi) is 8.35. The van der Waals surface area contributed by atoms with Crippen LogP contribution >= 0.6 is 0 Å². The molecule has 0 bridgehead atoms. The van der Waals surface area contributed by atoms with E-state index < -0.39 is 6.10 Å². The van der Waals surface area contributed by atoms with Crippen molar-refractivity contribution in [2.75, 3.05) is 13.2 Å². The van der Waals surface area contributed by atoms with Crippen LogP contribution in [-0.2, 0) is 27.2 Å². The summed E-state index contributed by atoms with van der Waals surface area (Å²) in [5, 5.41) is 15.5. The Morgan fingerprint density at radius 3 is 2.60 bits per heavy atom. The third kappa shape index (κ3) is 6.93. The number of nitrogens with one attached hydrogen (secondary N) is 2. The molecule has 3 atom stereocenters. The number of aliphatic hydroxyl groups excluding tert-OH is 1. The van der Waals surface area contributed by atoms with Crippen LogP contribution in [0.2, 0.25) is 0 Å². The van der Waals surface area contributed by atoms with Crippen molar-refractivity contribution < 1.29 is 19.4 Å². The number of hydrogen-bond donors (Lipinski definition) is 3. The number of rotatable bonds is 9. The van der Waals surface area contributed by atoms with Crippen molar-refractivity contribution >= 4 is 11.8 Å². The van der Waals surface area contributed by atoms with Crippen LogP contribution in [0.4, 0.5) is 0 Å². The lowest BCUT2D eigenvalue weighted by molar-refractivity contribution is -0.135. The van der Waals surface area contributed by atoms with Gasteiger partial charge in [0.25, 0.3) is 0 Å². The third-order valence-electron chi connectivity index (χ3n) is 5.20. The average molecular weight is 412 g/mol. The number of hydrogen-bond acceptors (Lipinski definition) is 5. The molecule has 0 aliphatic carbocycles. The molecule has 2 aromatic rings. The molecule has 2 heterocycles. The molecule has 1 saturated heterocycles. The molecule has 3 rings (SSSR count). The maximum Gasteiger partial charge on any atom is 0.226 e. The highest BCUT2D eigenvalue weighted by Gasteiger charge is 2.32. The summed E-state index contributed by atoms with van der Waals surface area (Å²) >= 11 is 0. The smallest absolute Gasteiger partial charge is 0.226 e. The van der Waals surface area contributed by atoms with Gasteiger partial charge in [-0.15, -0.1) is 0 Å². The molecule has 1 aliphatic rings. The number of aromatic nitrogens is 1. The maximum atomic E-state index is 12.3. The summed E-state index contributed by atoms with van der Waals surface area (Å²) in [5.74, 6) is -0.219. The van der Waals surface area contributed by atoms with E-state index in [4.69, 9.17) is 4.74 Å². The first kappa shape index (κ1) is 21.9. The third-order valence-corrected chi connectivity index (χ3v) is 5.20. The SMILES string of the molecule is O=C(C[C@@H]1CC[C@@H](NC(=O)Cc2ccccn2)[C@@H](CO)O1)NCCc1ccccc1. The summed E-state index contributed by atoms with van der Waals surface area (Å²) in [6.45, 7) is 0.367. The average Bonchev–Trinajstić information content (AvgIpc) is 2.76. The van der Waals surface area contributed by atoms with E-state index in [-0.39, 0.29) is 43.4 Å². The fourth-order valence-electron chi connectivity index (χ4n) is 3.64. The van der Waals surface area contributed by atoms with Gasteiger partial charge in [0.2, 0.25) is 11.8 Å². The van der Waals surface area contributed by atoms with Crippen LogP contribution in [0, 0.1) is 0 Å². The Hall–Kier alpha value is -2.77. The first-order valence-electron chi connectivity index (χ1n) is 10.4. The molecule has 30 heavy (non-hydrogen) atoms. The lowest BCUT2D eigenvalue weighted by atomic mass is 9.96. The molecule has 1 aliphatic heterocycles. The highest BCUT2D eigenvalue weighted by molar-refractivity contribution is 5.78. The Labute approximate surface area is 176 Å². The summed E-state index contributed by atoms with van der Waals surface area (Å²) in [7, 11) is 0. The second kappa shape index (κ2) is 11.4. The topological polar surface area (TPSA) is 101 Å². The summed E-state index contributed by atoms with van der Waals surface area (Å²) in [4.78, 5) is 28.7. The zero-order valence-corrected chi connectivity index (χ0v) is 17.0. The van der Waals surface area contributed by atoms with Crippen molar-refractivity contribution in [3.63, 3.8) is 0 Å². The van der Waals surface area contributed by atoms with Crippen LogP contribution in [-0.4, -0.2) is 53.3 Å². The van der Waals surface area contributed by atoms with E-state index in [1.54, 1.807) is 18.3 Å². The zero-order chi connectivity index (χ0) is 21.2. The van der Waals surface area contributed by atoms with Gasteiger partial charge in [0.1, 0.15) is 6.10 Å².